The Morgan fingerprint density at radius 3 is 2.77 bits per heavy atom. The van der Waals surface area contributed by atoms with Gasteiger partial charge in [0.05, 0.1) is 37.4 Å². The van der Waals surface area contributed by atoms with Crippen molar-refractivity contribution in [3.63, 3.8) is 0 Å². The van der Waals surface area contributed by atoms with E-state index >= 15 is 0 Å². The number of carboxylic acid groups (broad SMARTS) is 1. The van der Waals surface area contributed by atoms with Crippen LogP contribution in [0.5, 0.6) is 0 Å². The van der Waals surface area contributed by atoms with Crippen LogP contribution in [-0.2, 0) is 14.3 Å². The second-order valence-electron chi connectivity index (χ2n) is 10.9. The number of pyridine rings is 1. The quantitative estimate of drug-likeness (QED) is 0.288. The Bertz CT molecular complexity index is 1050. The van der Waals surface area contributed by atoms with Gasteiger partial charge in [-0.05, 0) is 44.4 Å². The molecule has 2 aliphatic rings. The van der Waals surface area contributed by atoms with Gasteiger partial charge in [-0.3, -0.25) is 9.78 Å². The SMILES string of the molecule is C/C(=C\C=C\[C@H](C)c1ccccn1)[C@H]1OC(=O)C[C@@H](O)CC[C@](C)(O)[C@H](C2CN(C(=O)O)CCO2)/C=C/[C@@H]1C. The monoisotopic (exact) mass is 542 g/mol. The van der Waals surface area contributed by atoms with Gasteiger partial charge in [0.25, 0.3) is 0 Å². The Hall–Kier alpha value is -3.01. The molecule has 3 rings (SSSR count). The lowest BCUT2D eigenvalue weighted by Gasteiger charge is -2.41. The molecule has 214 valence electrons. The molecule has 3 heterocycles. The fourth-order valence-corrected chi connectivity index (χ4v) is 5.13. The third-order valence-corrected chi connectivity index (χ3v) is 7.59. The molecule has 2 aliphatic heterocycles. The fraction of sp³-hybridized carbons (Fsp3) is 0.567. The van der Waals surface area contributed by atoms with Crippen LogP contribution in [0.25, 0.3) is 0 Å². The lowest BCUT2D eigenvalue weighted by Crippen LogP contribution is -2.52. The summed E-state index contributed by atoms with van der Waals surface area (Å²) in [4.78, 5) is 30.0. The first-order valence-electron chi connectivity index (χ1n) is 13.6. The van der Waals surface area contributed by atoms with Gasteiger partial charge in [0.15, 0.2) is 0 Å². The Morgan fingerprint density at radius 2 is 2.08 bits per heavy atom. The van der Waals surface area contributed by atoms with E-state index in [1.807, 2.05) is 62.4 Å². The molecule has 3 N–H and O–H groups in total. The van der Waals surface area contributed by atoms with Gasteiger partial charge in [-0.15, -0.1) is 0 Å². The van der Waals surface area contributed by atoms with Crippen molar-refractivity contribution in [2.45, 2.75) is 76.8 Å². The molecule has 1 fully saturated rings. The van der Waals surface area contributed by atoms with Gasteiger partial charge in [-0.2, -0.15) is 0 Å². The fourth-order valence-electron chi connectivity index (χ4n) is 5.13. The van der Waals surface area contributed by atoms with Gasteiger partial charge in [0.1, 0.15) is 6.10 Å². The van der Waals surface area contributed by atoms with E-state index in [4.69, 9.17) is 9.47 Å². The van der Waals surface area contributed by atoms with Gasteiger partial charge in [-0.1, -0.05) is 50.3 Å². The van der Waals surface area contributed by atoms with Crippen LogP contribution in [0.2, 0.25) is 0 Å². The van der Waals surface area contributed by atoms with E-state index in [9.17, 15) is 24.9 Å². The van der Waals surface area contributed by atoms with E-state index in [-0.39, 0.29) is 50.8 Å². The van der Waals surface area contributed by atoms with E-state index < -0.39 is 41.9 Å². The normalized spacial score (nSPS) is 33.1. The van der Waals surface area contributed by atoms with Crippen molar-refractivity contribution < 1.29 is 34.4 Å². The number of carbonyl (C=O) groups excluding carboxylic acids is 1. The number of morpholine rings is 1. The van der Waals surface area contributed by atoms with Crippen molar-refractivity contribution in [1.29, 1.82) is 0 Å². The number of aliphatic hydroxyl groups is 2. The molecule has 9 nitrogen and oxygen atoms in total. The summed E-state index contributed by atoms with van der Waals surface area (Å²) in [6.07, 6.45) is 8.43. The smallest absolute Gasteiger partial charge is 0.407 e. The van der Waals surface area contributed by atoms with Crippen LogP contribution in [0.1, 0.15) is 58.6 Å². The van der Waals surface area contributed by atoms with Crippen LogP contribution >= 0.6 is 0 Å². The van der Waals surface area contributed by atoms with Crippen LogP contribution in [0.4, 0.5) is 4.79 Å². The zero-order valence-corrected chi connectivity index (χ0v) is 23.3. The Morgan fingerprint density at radius 1 is 1.31 bits per heavy atom. The predicted molar refractivity (Wildman–Crippen MR) is 147 cm³/mol. The highest BCUT2D eigenvalue weighted by Gasteiger charge is 2.40. The van der Waals surface area contributed by atoms with Crippen LogP contribution < -0.4 is 0 Å². The van der Waals surface area contributed by atoms with Crippen LogP contribution in [0.15, 0.2) is 60.3 Å². The number of aliphatic hydroxyl groups excluding tert-OH is 1. The van der Waals surface area contributed by atoms with Gasteiger partial charge < -0.3 is 29.7 Å². The Balaban J connectivity index is 1.87. The van der Waals surface area contributed by atoms with Crippen molar-refractivity contribution >= 4 is 12.1 Å². The minimum Gasteiger partial charge on any atom is -0.465 e. The maximum absolute atomic E-state index is 12.7. The van der Waals surface area contributed by atoms with Gasteiger partial charge >= 0.3 is 12.1 Å². The van der Waals surface area contributed by atoms with Gasteiger partial charge in [0.2, 0.25) is 0 Å². The molecule has 1 aromatic heterocycles. The topological polar surface area (TPSA) is 129 Å². The number of rotatable bonds is 5. The number of nitrogens with zero attached hydrogens (tertiary/aromatic N) is 2. The molecular weight excluding hydrogens is 500 g/mol. The molecule has 0 aromatic carbocycles. The number of hydrogen-bond donors (Lipinski definition) is 3. The van der Waals surface area contributed by atoms with Gasteiger partial charge in [-0.25, -0.2) is 4.79 Å². The first-order valence-corrected chi connectivity index (χ1v) is 13.6. The van der Waals surface area contributed by atoms with Gasteiger partial charge in [0, 0.05) is 36.2 Å². The molecule has 9 heteroatoms. The summed E-state index contributed by atoms with van der Waals surface area (Å²) in [5.41, 5.74) is 0.481. The second-order valence-corrected chi connectivity index (χ2v) is 10.9. The third kappa shape index (κ3) is 8.74. The first kappa shape index (κ1) is 30.5. The number of ether oxygens (including phenoxy) is 2. The number of amides is 1. The average Bonchev–Trinajstić information content (AvgIpc) is 2.90. The van der Waals surface area contributed by atoms with E-state index in [0.29, 0.717) is 0 Å². The number of esters is 1. The average molecular weight is 543 g/mol. The molecule has 0 radical (unpaired) electrons. The Labute approximate surface area is 230 Å². The van der Waals surface area contributed by atoms with Crippen molar-refractivity contribution in [3.05, 3.63) is 66.0 Å². The molecule has 0 aliphatic carbocycles. The minimum absolute atomic E-state index is 0.102. The second kappa shape index (κ2) is 13.9. The molecule has 1 aromatic rings. The Kier molecular flexibility index (Phi) is 10.9. The molecule has 0 saturated carbocycles. The summed E-state index contributed by atoms with van der Waals surface area (Å²) in [6, 6.07) is 5.79. The van der Waals surface area contributed by atoms with Crippen molar-refractivity contribution in [3.8, 4) is 0 Å². The molecule has 0 spiro atoms. The molecule has 7 atom stereocenters. The highest BCUT2D eigenvalue weighted by Crippen LogP contribution is 2.33. The minimum atomic E-state index is -1.29. The number of allylic oxidation sites excluding steroid dienone is 3. The van der Waals surface area contributed by atoms with Crippen LogP contribution in [0.3, 0.4) is 0 Å². The zero-order chi connectivity index (χ0) is 28.6. The predicted octanol–water partition coefficient (Wildman–Crippen LogP) is 4.08. The number of cyclic esters (lactones) is 1. The first-order chi connectivity index (χ1) is 18.5. The van der Waals surface area contributed by atoms with E-state index in [1.165, 1.54) is 4.90 Å². The summed E-state index contributed by atoms with van der Waals surface area (Å²) in [6.45, 7) is 8.18. The highest BCUT2D eigenvalue weighted by atomic mass is 16.5. The lowest BCUT2D eigenvalue weighted by molar-refractivity contribution is -0.151. The third-order valence-electron chi connectivity index (χ3n) is 7.59. The van der Waals surface area contributed by atoms with E-state index in [0.717, 1.165) is 11.3 Å². The summed E-state index contributed by atoms with van der Waals surface area (Å²) < 4.78 is 11.8. The molecule has 1 amide bonds. The molecule has 1 unspecified atom stereocenters. The van der Waals surface area contributed by atoms with Crippen molar-refractivity contribution in [1.82, 2.24) is 9.88 Å². The van der Waals surface area contributed by atoms with E-state index in [1.54, 1.807) is 13.1 Å². The summed E-state index contributed by atoms with van der Waals surface area (Å²) >= 11 is 0. The molecule has 1 saturated heterocycles. The lowest BCUT2D eigenvalue weighted by atomic mass is 9.79. The molecule has 0 bridgehead atoms. The number of carbonyl (C=O) groups is 2. The van der Waals surface area contributed by atoms with Crippen LogP contribution in [-0.4, -0.2) is 80.9 Å². The summed E-state index contributed by atoms with van der Waals surface area (Å²) in [7, 11) is 0. The number of aromatic nitrogens is 1. The zero-order valence-electron chi connectivity index (χ0n) is 23.3. The van der Waals surface area contributed by atoms with Crippen LogP contribution in [0, 0.1) is 11.8 Å². The number of hydrogen-bond acceptors (Lipinski definition) is 7. The largest absolute Gasteiger partial charge is 0.465 e. The van der Waals surface area contributed by atoms with Crippen molar-refractivity contribution in [2.75, 3.05) is 19.7 Å². The van der Waals surface area contributed by atoms with E-state index in [2.05, 4.69) is 11.9 Å². The molecule has 39 heavy (non-hydrogen) atoms. The molecular formula is C30H42N2O7. The summed E-state index contributed by atoms with van der Waals surface area (Å²) in [5.74, 6) is -1.20. The standard InChI is InChI=1S/C30H42N2O7/c1-20(25-10-5-6-15-31-25)8-7-9-21(2)28-22(3)11-12-24(26-19-32(29(35)36)16-17-38-26)30(4,37)14-13-23(33)18-27(34)39-28/h5-12,15,20,22-24,26,28,33,37H,13-14,16-19H2,1-4H3,(H,35,36)/b8-7+,12-11+,21-9+/t20-,22-,23-,24-,26?,28+,30-/m0/s1. The van der Waals surface area contributed by atoms with Crippen molar-refractivity contribution in [2.24, 2.45) is 11.8 Å². The maximum atomic E-state index is 12.7. The summed E-state index contributed by atoms with van der Waals surface area (Å²) in [5, 5.41) is 31.5. The highest BCUT2D eigenvalue weighted by molar-refractivity contribution is 5.70. The maximum Gasteiger partial charge on any atom is 0.407 e.